The minimum atomic E-state index is -0.571. The van der Waals surface area contributed by atoms with Gasteiger partial charge in [-0.2, -0.15) is 0 Å². The summed E-state index contributed by atoms with van der Waals surface area (Å²) in [5.41, 5.74) is 2.68. The number of benzene rings is 4. The van der Waals surface area contributed by atoms with Crippen LogP contribution in [0, 0.1) is 0 Å². The first-order valence-corrected chi connectivity index (χ1v) is 14.0. The monoisotopic (exact) mass is 580 g/mol. The van der Waals surface area contributed by atoms with Crippen molar-refractivity contribution in [1.82, 2.24) is 9.80 Å². The minimum absolute atomic E-state index is 0.0107. The highest BCUT2D eigenvalue weighted by molar-refractivity contribution is 6.09. The summed E-state index contributed by atoms with van der Waals surface area (Å²) in [6.45, 7) is 3.27. The van der Waals surface area contributed by atoms with Crippen LogP contribution in [0.15, 0.2) is 109 Å². The van der Waals surface area contributed by atoms with Gasteiger partial charge in [-0.25, -0.2) is 4.79 Å². The van der Waals surface area contributed by atoms with Crippen LogP contribution in [0.2, 0.25) is 0 Å². The molecule has 0 aliphatic heterocycles. The number of carbonyl (C=O) groups excluding carboxylic acids is 2. The first-order chi connectivity index (χ1) is 20.7. The van der Waals surface area contributed by atoms with Crippen molar-refractivity contribution in [2.75, 3.05) is 20.7 Å². The fraction of sp³-hybridized carbons (Fsp3) is 0.200. The number of esters is 1. The Hall–Kier alpha value is -5.08. The van der Waals surface area contributed by atoms with Crippen molar-refractivity contribution in [3.63, 3.8) is 0 Å². The topological polar surface area (TPSA) is 99.5 Å². The van der Waals surface area contributed by atoms with Gasteiger partial charge in [0.1, 0.15) is 17.2 Å². The molecule has 0 atom stereocenters. The van der Waals surface area contributed by atoms with Gasteiger partial charge in [0, 0.05) is 32.9 Å². The molecule has 222 valence electrons. The number of phenols is 2. The molecular formula is C35H36N2O6. The van der Waals surface area contributed by atoms with Crippen molar-refractivity contribution in [2.45, 2.75) is 26.6 Å². The number of Topliss-reactive ketones (excluding diaryl/α,β-unsaturated/α-hetero) is 1. The molecule has 2 N–H and O–H groups in total. The van der Waals surface area contributed by atoms with E-state index in [4.69, 9.17) is 9.47 Å². The van der Waals surface area contributed by atoms with Crippen LogP contribution < -0.4 is 4.74 Å². The zero-order valence-electron chi connectivity index (χ0n) is 24.6. The highest BCUT2D eigenvalue weighted by Gasteiger charge is 2.24. The molecule has 0 aliphatic carbocycles. The largest absolute Gasteiger partial charge is 0.507 e. The summed E-state index contributed by atoms with van der Waals surface area (Å²) in [5.74, 6) is -1.19. The summed E-state index contributed by atoms with van der Waals surface area (Å²) in [7, 11) is 3.68. The Bertz CT molecular complexity index is 1550. The number of nitrogens with zero attached hydrogens (tertiary/aromatic N) is 2. The lowest BCUT2D eigenvalue weighted by atomic mass is 10.0. The molecule has 0 aromatic heterocycles. The van der Waals surface area contributed by atoms with Crippen LogP contribution in [0.5, 0.6) is 17.2 Å². The standard InChI is InChI=1S/C35H36N2O6/c1-4-42-35(41)27-15-17-28(18-16-27)43-32(24-37(3)22-26-13-9-6-10-14-26)34(40)29-19-20-31(38)30(33(29)39)23-36(2)21-25-11-7-5-8-12-25/h5-20,24,38-39H,4,21-23H2,1-3H3/b32-24+. The van der Waals surface area contributed by atoms with Gasteiger partial charge in [0.2, 0.25) is 5.78 Å². The molecule has 0 radical (unpaired) electrons. The number of aromatic hydroxyl groups is 2. The molecule has 0 fully saturated rings. The van der Waals surface area contributed by atoms with Crippen LogP contribution in [-0.2, 0) is 24.4 Å². The highest BCUT2D eigenvalue weighted by Crippen LogP contribution is 2.34. The van der Waals surface area contributed by atoms with Crippen molar-refractivity contribution < 1.29 is 29.3 Å². The minimum Gasteiger partial charge on any atom is -0.507 e. The van der Waals surface area contributed by atoms with E-state index in [1.807, 2.05) is 84.6 Å². The maximum atomic E-state index is 13.9. The number of hydrogen-bond acceptors (Lipinski definition) is 8. The molecule has 0 spiro atoms. The van der Waals surface area contributed by atoms with Crippen molar-refractivity contribution in [3.8, 4) is 17.2 Å². The summed E-state index contributed by atoms with van der Waals surface area (Å²) in [6, 6.07) is 28.6. The summed E-state index contributed by atoms with van der Waals surface area (Å²) >= 11 is 0. The maximum absolute atomic E-state index is 13.9. The number of rotatable bonds is 13. The molecule has 43 heavy (non-hydrogen) atoms. The van der Waals surface area contributed by atoms with E-state index >= 15 is 0 Å². The summed E-state index contributed by atoms with van der Waals surface area (Å²) in [4.78, 5) is 29.7. The average molecular weight is 581 g/mol. The average Bonchev–Trinajstić information content (AvgIpc) is 3.00. The van der Waals surface area contributed by atoms with Crippen LogP contribution in [0.1, 0.15) is 44.3 Å². The van der Waals surface area contributed by atoms with Gasteiger partial charge in [-0.05, 0) is 61.5 Å². The fourth-order valence-corrected chi connectivity index (χ4v) is 4.57. The van der Waals surface area contributed by atoms with Gasteiger partial charge in [0.15, 0.2) is 5.76 Å². The first-order valence-electron chi connectivity index (χ1n) is 14.0. The molecule has 0 aliphatic rings. The lowest BCUT2D eigenvalue weighted by molar-refractivity contribution is 0.0526. The van der Waals surface area contributed by atoms with E-state index in [0.29, 0.717) is 24.4 Å². The third-order valence-corrected chi connectivity index (χ3v) is 6.66. The van der Waals surface area contributed by atoms with Crippen LogP contribution in [0.4, 0.5) is 0 Å². The quantitative estimate of drug-likeness (QED) is 0.0842. The van der Waals surface area contributed by atoms with Crippen LogP contribution in [-0.4, -0.2) is 52.5 Å². The molecule has 4 aromatic rings. The lowest BCUT2D eigenvalue weighted by Crippen LogP contribution is -2.19. The number of allylic oxidation sites excluding steroid dienone is 1. The van der Waals surface area contributed by atoms with Gasteiger partial charge in [0.05, 0.1) is 23.3 Å². The van der Waals surface area contributed by atoms with Crippen LogP contribution in [0.3, 0.4) is 0 Å². The maximum Gasteiger partial charge on any atom is 0.338 e. The molecule has 0 saturated heterocycles. The fourth-order valence-electron chi connectivity index (χ4n) is 4.57. The van der Waals surface area contributed by atoms with Gasteiger partial charge in [-0.15, -0.1) is 0 Å². The molecular weight excluding hydrogens is 544 g/mol. The molecule has 4 rings (SSSR count). The molecule has 0 amide bonds. The molecule has 0 unspecified atom stereocenters. The molecule has 0 saturated carbocycles. The highest BCUT2D eigenvalue weighted by atomic mass is 16.5. The van der Waals surface area contributed by atoms with Gasteiger partial charge < -0.3 is 24.6 Å². The molecule has 0 bridgehead atoms. The number of ketones is 1. The van der Waals surface area contributed by atoms with E-state index in [9.17, 15) is 19.8 Å². The second-order valence-corrected chi connectivity index (χ2v) is 10.2. The Balaban J connectivity index is 1.62. The van der Waals surface area contributed by atoms with Gasteiger partial charge in [0.25, 0.3) is 0 Å². The summed E-state index contributed by atoms with van der Waals surface area (Å²) < 4.78 is 11.1. The molecule has 0 heterocycles. The van der Waals surface area contributed by atoms with Crippen molar-refractivity contribution in [1.29, 1.82) is 0 Å². The van der Waals surface area contributed by atoms with Crippen molar-refractivity contribution in [2.24, 2.45) is 0 Å². The normalized spacial score (nSPS) is 11.3. The van der Waals surface area contributed by atoms with Crippen molar-refractivity contribution in [3.05, 3.63) is 137 Å². The predicted octanol–water partition coefficient (Wildman–Crippen LogP) is 6.14. The van der Waals surface area contributed by atoms with Gasteiger partial charge in [-0.3, -0.25) is 9.69 Å². The number of carbonyl (C=O) groups is 2. The first kappa shape index (κ1) is 30.9. The summed E-state index contributed by atoms with van der Waals surface area (Å²) in [5, 5.41) is 21.8. The Morgan fingerprint density at radius 2 is 1.37 bits per heavy atom. The number of hydrogen-bond donors (Lipinski definition) is 2. The Morgan fingerprint density at radius 3 is 1.98 bits per heavy atom. The van der Waals surface area contributed by atoms with E-state index in [0.717, 1.165) is 11.1 Å². The smallest absolute Gasteiger partial charge is 0.338 e. The van der Waals surface area contributed by atoms with E-state index in [1.165, 1.54) is 12.1 Å². The molecule has 4 aromatic carbocycles. The molecule has 8 heteroatoms. The second kappa shape index (κ2) is 14.7. The summed E-state index contributed by atoms with van der Waals surface area (Å²) in [6.07, 6.45) is 1.57. The van der Waals surface area contributed by atoms with Crippen molar-refractivity contribution >= 4 is 11.8 Å². The Labute approximate surface area is 252 Å². The van der Waals surface area contributed by atoms with Crippen LogP contribution >= 0.6 is 0 Å². The van der Waals surface area contributed by atoms with E-state index in [-0.39, 0.29) is 41.5 Å². The van der Waals surface area contributed by atoms with E-state index in [2.05, 4.69) is 0 Å². The van der Waals surface area contributed by atoms with Gasteiger partial charge in [-0.1, -0.05) is 60.7 Å². The predicted molar refractivity (Wildman–Crippen MR) is 165 cm³/mol. The molecule has 8 nitrogen and oxygen atoms in total. The number of ether oxygens (including phenoxy) is 2. The third kappa shape index (κ3) is 8.47. The van der Waals surface area contributed by atoms with E-state index in [1.54, 1.807) is 37.4 Å². The zero-order valence-corrected chi connectivity index (χ0v) is 24.6. The third-order valence-electron chi connectivity index (χ3n) is 6.66. The van der Waals surface area contributed by atoms with Crippen LogP contribution in [0.25, 0.3) is 0 Å². The lowest BCUT2D eigenvalue weighted by Gasteiger charge is -2.20. The SMILES string of the molecule is CCOC(=O)c1ccc(O/C(=C/N(C)Cc2ccccc2)C(=O)c2ccc(O)c(CN(C)Cc3ccccc3)c2O)cc1. The van der Waals surface area contributed by atoms with Gasteiger partial charge >= 0.3 is 5.97 Å². The number of phenolic OH excluding ortho intramolecular Hbond substituents is 2. The Morgan fingerprint density at radius 1 is 0.767 bits per heavy atom. The second-order valence-electron chi connectivity index (χ2n) is 10.2. The Kier molecular flexibility index (Phi) is 10.6. The zero-order chi connectivity index (χ0) is 30.8. The van der Waals surface area contributed by atoms with E-state index < -0.39 is 11.8 Å².